The number of amides is 1. The van der Waals surface area contributed by atoms with Gasteiger partial charge in [0.25, 0.3) is 15.9 Å². The second kappa shape index (κ2) is 11.5. The summed E-state index contributed by atoms with van der Waals surface area (Å²) in [5.74, 6) is -0.726. The average molecular weight is 534 g/mol. The fraction of sp³-hybridized carbons (Fsp3) is 0. The Labute approximate surface area is 218 Å². The molecule has 0 saturated carbocycles. The van der Waals surface area contributed by atoms with Gasteiger partial charge in [0.05, 0.1) is 27.9 Å². The maximum atomic E-state index is 12.7. The van der Waals surface area contributed by atoms with Gasteiger partial charge in [-0.3, -0.25) is 9.52 Å². The molecule has 0 atom stereocenters. The van der Waals surface area contributed by atoms with Crippen molar-refractivity contribution in [3.05, 3.63) is 125 Å². The summed E-state index contributed by atoms with van der Waals surface area (Å²) in [6.45, 7) is 0. The van der Waals surface area contributed by atoms with Crippen molar-refractivity contribution in [2.24, 2.45) is 5.10 Å². The Bertz CT molecular complexity index is 1540. The summed E-state index contributed by atoms with van der Waals surface area (Å²) in [6, 6.07) is 27.0. The molecule has 0 radical (unpaired) electrons. The molecule has 0 bridgehead atoms. The number of carbonyl (C=O) groups is 2. The van der Waals surface area contributed by atoms with Gasteiger partial charge in [0, 0.05) is 5.02 Å². The third-order valence-electron chi connectivity index (χ3n) is 5.02. The molecule has 4 rings (SSSR count). The first-order chi connectivity index (χ1) is 17.8. The molecule has 0 unspecified atom stereocenters. The van der Waals surface area contributed by atoms with Gasteiger partial charge in [0.15, 0.2) is 0 Å². The van der Waals surface area contributed by atoms with Crippen LogP contribution in [-0.4, -0.2) is 26.5 Å². The number of rotatable bonds is 8. The lowest BCUT2D eigenvalue weighted by atomic mass is 10.2. The molecule has 4 aromatic rings. The molecule has 0 spiro atoms. The largest absolute Gasteiger partial charge is 0.423 e. The van der Waals surface area contributed by atoms with Crippen molar-refractivity contribution in [2.75, 3.05) is 4.72 Å². The van der Waals surface area contributed by atoms with Crippen molar-refractivity contribution >= 4 is 45.4 Å². The standard InChI is InChI=1S/C27H20ClN3O5S/c28-21-12-16-23(17-13-21)37(34,35)31-25-9-5-4-8-24(25)26(32)30-29-18-19-10-14-22(15-11-19)36-27(33)20-6-2-1-3-7-20/h1-18,31H,(H,30,32)/b29-18-. The first-order valence-electron chi connectivity index (χ1n) is 10.9. The fourth-order valence-electron chi connectivity index (χ4n) is 3.18. The van der Waals surface area contributed by atoms with E-state index >= 15 is 0 Å². The molecular formula is C27H20ClN3O5S. The number of hydrazone groups is 1. The summed E-state index contributed by atoms with van der Waals surface area (Å²) < 4.78 is 33.2. The maximum Gasteiger partial charge on any atom is 0.343 e. The number of nitrogens with zero attached hydrogens (tertiary/aromatic N) is 1. The van der Waals surface area contributed by atoms with Crippen LogP contribution in [0.4, 0.5) is 5.69 Å². The van der Waals surface area contributed by atoms with Crippen LogP contribution in [0.2, 0.25) is 5.02 Å². The SMILES string of the molecule is O=C(Oc1ccc(/C=N\NC(=O)c2ccccc2NS(=O)(=O)c2ccc(Cl)cc2)cc1)c1ccccc1. The molecule has 0 aliphatic carbocycles. The predicted molar refractivity (Wildman–Crippen MR) is 142 cm³/mol. The van der Waals surface area contributed by atoms with Crippen LogP contribution in [0.1, 0.15) is 26.3 Å². The van der Waals surface area contributed by atoms with Crippen LogP contribution in [0.3, 0.4) is 0 Å². The average Bonchev–Trinajstić information content (AvgIpc) is 2.90. The number of anilines is 1. The first-order valence-corrected chi connectivity index (χ1v) is 12.8. The summed E-state index contributed by atoms with van der Waals surface area (Å²) in [6.07, 6.45) is 1.40. The Morgan fingerprint density at radius 1 is 0.811 bits per heavy atom. The minimum Gasteiger partial charge on any atom is -0.423 e. The summed E-state index contributed by atoms with van der Waals surface area (Å²) in [5, 5.41) is 4.34. The Balaban J connectivity index is 1.39. The molecule has 8 nitrogen and oxygen atoms in total. The van der Waals surface area contributed by atoms with Crippen LogP contribution in [0.15, 0.2) is 113 Å². The van der Waals surface area contributed by atoms with E-state index in [9.17, 15) is 18.0 Å². The zero-order chi connectivity index (χ0) is 26.3. The lowest BCUT2D eigenvalue weighted by Gasteiger charge is -2.11. The van der Waals surface area contributed by atoms with Gasteiger partial charge in [-0.1, -0.05) is 41.9 Å². The van der Waals surface area contributed by atoms with Crippen LogP contribution < -0.4 is 14.9 Å². The minimum atomic E-state index is -3.94. The molecule has 0 aliphatic heterocycles. The fourth-order valence-corrected chi connectivity index (χ4v) is 4.38. The second-order valence-electron chi connectivity index (χ2n) is 7.63. The van der Waals surface area contributed by atoms with Crippen molar-refractivity contribution < 1.29 is 22.7 Å². The molecule has 2 N–H and O–H groups in total. The number of nitrogens with one attached hydrogen (secondary N) is 2. The van der Waals surface area contributed by atoms with Gasteiger partial charge in [-0.15, -0.1) is 0 Å². The van der Waals surface area contributed by atoms with E-state index in [2.05, 4.69) is 15.2 Å². The highest BCUT2D eigenvalue weighted by Crippen LogP contribution is 2.21. The molecule has 10 heteroatoms. The first kappa shape index (κ1) is 25.6. The van der Waals surface area contributed by atoms with E-state index in [1.165, 1.54) is 42.6 Å². The molecule has 0 fully saturated rings. The molecule has 186 valence electrons. The normalized spacial score (nSPS) is 11.2. The van der Waals surface area contributed by atoms with Crippen molar-refractivity contribution in [3.8, 4) is 5.75 Å². The quantitative estimate of drug-likeness (QED) is 0.141. The Morgan fingerprint density at radius 2 is 1.46 bits per heavy atom. The monoisotopic (exact) mass is 533 g/mol. The smallest absolute Gasteiger partial charge is 0.343 e. The van der Waals surface area contributed by atoms with Gasteiger partial charge >= 0.3 is 5.97 Å². The highest BCUT2D eigenvalue weighted by Gasteiger charge is 2.18. The van der Waals surface area contributed by atoms with Crippen molar-refractivity contribution in [1.82, 2.24) is 5.43 Å². The number of para-hydroxylation sites is 1. The molecular weight excluding hydrogens is 514 g/mol. The topological polar surface area (TPSA) is 114 Å². The summed E-state index contributed by atoms with van der Waals surface area (Å²) in [7, 11) is -3.94. The van der Waals surface area contributed by atoms with E-state index in [4.69, 9.17) is 16.3 Å². The summed E-state index contributed by atoms with van der Waals surface area (Å²) in [5.41, 5.74) is 3.63. The number of hydrogen-bond acceptors (Lipinski definition) is 6. The highest BCUT2D eigenvalue weighted by atomic mass is 35.5. The number of ether oxygens (including phenoxy) is 1. The van der Waals surface area contributed by atoms with Crippen molar-refractivity contribution in [2.45, 2.75) is 4.90 Å². The molecule has 0 aromatic heterocycles. The lowest BCUT2D eigenvalue weighted by molar-refractivity contribution is 0.0734. The zero-order valence-electron chi connectivity index (χ0n) is 19.2. The summed E-state index contributed by atoms with van der Waals surface area (Å²) >= 11 is 5.83. The van der Waals surface area contributed by atoms with Gasteiger partial charge < -0.3 is 4.74 Å². The molecule has 4 aromatic carbocycles. The Hall–Kier alpha value is -4.47. The van der Waals surface area contributed by atoms with E-state index in [1.54, 1.807) is 60.7 Å². The third-order valence-corrected chi connectivity index (χ3v) is 6.65. The van der Waals surface area contributed by atoms with Gasteiger partial charge in [-0.05, 0) is 78.4 Å². The van der Waals surface area contributed by atoms with Crippen LogP contribution in [-0.2, 0) is 10.0 Å². The van der Waals surface area contributed by atoms with Gasteiger partial charge in [0.2, 0.25) is 0 Å². The molecule has 0 heterocycles. The number of carbonyl (C=O) groups excluding carboxylic acids is 2. The number of sulfonamides is 1. The van der Waals surface area contributed by atoms with Gasteiger partial charge in [-0.2, -0.15) is 5.10 Å². The molecule has 0 aliphatic rings. The Morgan fingerprint density at radius 3 is 2.16 bits per heavy atom. The van der Waals surface area contributed by atoms with E-state index in [-0.39, 0.29) is 16.1 Å². The molecule has 0 saturated heterocycles. The highest BCUT2D eigenvalue weighted by molar-refractivity contribution is 7.92. The van der Waals surface area contributed by atoms with E-state index in [0.717, 1.165) is 0 Å². The second-order valence-corrected chi connectivity index (χ2v) is 9.75. The molecule has 37 heavy (non-hydrogen) atoms. The van der Waals surface area contributed by atoms with Crippen molar-refractivity contribution in [1.29, 1.82) is 0 Å². The van der Waals surface area contributed by atoms with Gasteiger partial charge in [0.1, 0.15) is 5.75 Å². The van der Waals surface area contributed by atoms with E-state index < -0.39 is 21.9 Å². The minimum absolute atomic E-state index is 0.00280. The van der Waals surface area contributed by atoms with Gasteiger partial charge in [-0.25, -0.2) is 18.6 Å². The van der Waals surface area contributed by atoms with Crippen molar-refractivity contribution in [3.63, 3.8) is 0 Å². The molecule has 1 amide bonds. The number of esters is 1. The maximum absolute atomic E-state index is 12.7. The zero-order valence-corrected chi connectivity index (χ0v) is 20.7. The number of benzene rings is 4. The summed E-state index contributed by atoms with van der Waals surface area (Å²) in [4.78, 5) is 24.8. The number of hydrogen-bond donors (Lipinski definition) is 2. The van der Waals surface area contributed by atoms with E-state index in [1.807, 2.05) is 6.07 Å². The predicted octanol–water partition coefficient (Wildman–Crippen LogP) is 5.12. The number of halogens is 1. The third kappa shape index (κ3) is 6.81. The Kier molecular flexibility index (Phi) is 7.97. The van der Waals surface area contributed by atoms with Crippen LogP contribution >= 0.6 is 11.6 Å². The van der Waals surface area contributed by atoms with Crippen LogP contribution in [0.5, 0.6) is 5.75 Å². The van der Waals surface area contributed by atoms with E-state index in [0.29, 0.717) is 21.9 Å². The van der Waals surface area contributed by atoms with Crippen LogP contribution in [0.25, 0.3) is 0 Å². The lowest BCUT2D eigenvalue weighted by Crippen LogP contribution is -2.21. The van der Waals surface area contributed by atoms with Crippen LogP contribution in [0, 0.1) is 0 Å².